The van der Waals surface area contributed by atoms with E-state index in [1.807, 2.05) is 12.1 Å². The Morgan fingerprint density at radius 3 is 2.44 bits per heavy atom. The van der Waals surface area contributed by atoms with Gasteiger partial charge in [-0.3, -0.25) is 4.79 Å². The first-order valence-corrected chi connectivity index (χ1v) is 5.48. The topological polar surface area (TPSA) is 49.3 Å². The minimum Gasteiger partial charge on any atom is -0.389 e. The van der Waals surface area contributed by atoms with Gasteiger partial charge < -0.3 is 10.4 Å². The summed E-state index contributed by atoms with van der Waals surface area (Å²) >= 11 is 5.74. The Balaban J connectivity index is 2.43. The van der Waals surface area contributed by atoms with Crippen molar-refractivity contribution in [1.29, 1.82) is 0 Å². The van der Waals surface area contributed by atoms with Crippen LogP contribution in [0, 0.1) is 0 Å². The molecule has 0 fully saturated rings. The van der Waals surface area contributed by atoms with Gasteiger partial charge in [-0.2, -0.15) is 0 Å². The van der Waals surface area contributed by atoms with Crippen molar-refractivity contribution in [1.82, 2.24) is 5.32 Å². The predicted octanol–water partition coefficient (Wildman–Crippen LogP) is 1.77. The van der Waals surface area contributed by atoms with Crippen LogP contribution in [0.25, 0.3) is 0 Å². The van der Waals surface area contributed by atoms with Gasteiger partial charge in [0.25, 0.3) is 0 Å². The highest BCUT2D eigenvalue weighted by molar-refractivity contribution is 6.30. The number of halogens is 1. The van der Waals surface area contributed by atoms with Gasteiger partial charge in [-0.25, -0.2) is 0 Å². The summed E-state index contributed by atoms with van der Waals surface area (Å²) in [6.07, 6.45) is 0.299. The van der Waals surface area contributed by atoms with Gasteiger partial charge >= 0.3 is 0 Å². The Hall–Kier alpha value is -1.06. The number of hydrogen-bond donors (Lipinski definition) is 2. The summed E-state index contributed by atoms with van der Waals surface area (Å²) in [4.78, 5) is 11.5. The summed E-state index contributed by atoms with van der Waals surface area (Å²) < 4.78 is 0. The summed E-state index contributed by atoms with van der Waals surface area (Å²) in [5, 5.41) is 12.8. The average Bonchev–Trinajstić information content (AvgIpc) is 2.18. The lowest BCUT2D eigenvalue weighted by molar-refractivity contribution is -0.121. The van der Waals surface area contributed by atoms with Crippen LogP contribution in [0.4, 0.5) is 0 Å². The largest absolute Gasteiger partial charge is 0.389 e. The molecule has 0 bridgehead atoms. The second-order valence-electron chi connectivity index (χ2n) is 4.39. The van der Waals surface area contributed by atoms with Gasteiger partial charge in [-0.05, 0) is 31.5 Å². The molecule has 4 heteroatoms. The minimum absolute atomic E-state index is 0.107. The Labute approximate surface area is 100 Å². The maximum atomic E-state index is 11.5. The molecule has 1 aromatic rings. The molecule has 0 aliphatic carbocycles. The molecule has 1 rings (SSSR count). The van der Waals surface area contributed by atoms with Crippen molar-refractivity contribution >= 4 is 17.5 Å². The number of hydrogen-bond acceptors (Lipinski definition) is 2. The van der Waals surface area contributed by atoms with Crippen molar-refractivity contribution in [3.8, 4) is 0 Å². The highest BCUT2D eigenvalue weighted by Crippen LogP contribution is 2.09. The second kappa shape index (κ2) is 5.32. The molecule has 2 N–H and O–H groups in total. The summed E-state index contributed by atoms with van der Waals surface area (Å²) in [7, 11) is 0. The van der Waals surface area contributed by atoms with Crippen LogP contribution in [0.3, 0.4) is 0 Å². The van der Waals surface area contributed by atoms with Crippen LogP contribution >= 0.6 is 11.6 Å². The summed E-state index contributed by atoms with van der Waals surface area (Å²) in [6.45, 7) is 3.55. The second-order valence-corrected chi connectivity index (χ2v) is 4.83. The molecular weight excluding hydrogens is 226 g/mol. The van der Waals surface area contributed by atoms with Crippen LogP contribution in [-0.4, -0.2) is 23.2 Å². The third-order valence-corrected chi connectivity index (χ3v) is 2.25. The van der Waals surface area contributed by atoms with Crippen molar-refractivity contribution in [2.24, 2.45) is 0 Å². The molecule has 1 aromatic carbocycles. The molecule has 0 unspecified atom stereocenters. The molecule has 0 spiro atoms. The van der Waals surface area contributed by atoms with Crippen LogP contribution in [0.5, 0.6) is 0 Å². The number of benzene rings is 1. The highest BCUT2D eigenvalue weighted by Gasteiger charge is 2.13. The fourth-order valence-corrected chi connectivity index (χ4v) is 1.29. The number of carbonyl (C=O) groups is 1. The van der Waals surface area contributed by atoms with Crippen LogP contribution < -0.4 is 5.32 Å². The smallest absolute Gasteiger partial charge is 0.224 e. The van der Waals surface area contributed by atoms with Crippen molar-refractivity contribution in [3.05, 3.63) is 34.9 Å². The number of rotatable bonds is 4. The molecule has 0 saturated heterocycles. The summed E-state index contributed by atoms with van der Waals surface area (Å²) in [6, 6.07) is 7.12. The first-order chi connectivity index (χ1) is 7.37. The van der Waals surface area contributed by atoms with Crippen LogP contribution in [0.2, 0.25) is 5.02 Å². The van der Waals surface area contributed by atoms with Crippen LogP contribution in [-0.2, 0) is 11.2 Å². The zero-order valence-electron chi connectivity index (χ0n) is 9.46. The van der Waals surface area contributed by atoms with Crippen LogP contribution in [0.1, 0.15) is 19.4 Å². The molecule has 88 valence electrons. The molecule has 0 aliphatic rings. The molecule has 0 aliphatic heterocycles. The van der Waals surface area contributed by atoms with Gasteiger partial charge in [0.05, 0.1) is 12.0 Å². The Morgan fingerprint density at radius 2 is 1.94 bits per heavy atom. The van der Waals surface area contributed by atoms with E-state index in [0.717, 1.165) is 5.56 Å². The number of carbonyl (C=O) groups excluding carboxylic acids is 1. The van der Waals surface area contributed by atoms with Gasteiger partial charge in [0, 0.05) is 11.6 Å². The Kier molecular flexibility index (Phi) is 4.33. The molecule has 0 atom stereocenters. The molecule has 0 saturated carbocycles. The van der Waals surface area contributed by atoms with E-state index in [-0.39, 0.29) is 12.5 Å². The Morgan fingerprint density at radius 1 is 1.38 bits per heavy atom. The van der Waals surface area contributed by atoms with E-state index in [1.165, 1.54) is 0 Å². The van der Waals surface area contributed by atoms with E-state index in [0.29, 0.717) is 11.4 Å². The van der Waals surface area contributed by atoms with Crippen molar-refractivity contribution in [2.45, 2.75) is 25.9 Å². The lowest BCUT2D eigenvalue weighted by Crippen LogP contribution is -2.38. The maximum absolute atomic E-state index is 11.5. The quantitative estimate of drug-likeness (QED) is 0.844. The third kappa shape index (κ3) is 5.14. The molecule has 3 nitrogen and oxygen atoms in total. The van der Waals surface area contributed by atoms with Crippen LogP contribution in [0.15, 0.2) is 24.3 Å². The highest BCUT2D eigenvalue weighted by atomic mass is 35.5. The lowest BCUT2D eigenvalue weighted by Gasteiger charge is -2.17. The van der Waals surface area contributed by atoms with Gasteiger partial charge in [0.2, 0.25) is 5.91 Å². The fraction of sp³-hybridized carbons (Fsp3) is 0.417. The third-order valence-electron chi connectivity index (χ3n) is 2.00. The molecule has 0 radical (unpaired) electrons. The van der Waals surface area contributed by atoms with Gasteiger partial charge in [-0.15, -0.1) is 0 Å². The number of nitrogens with one attached hydrogen (secondary N) is 1. The zero-order chi connectivity index (χ0) is 12.2. The number of aliphatic hydroxyl groups is 1. The first-order valence-electron chi connectivity index (χ1n) is 5.10. The molecule has 0 aromatic heterocycles. The standard InChI is InChI=1S/C12H16ClNO2/c1-12(2,16)8-14-11(15)7-9-3-5-10(13)6-4-9/h3-6,16H,7-8H2,1-2H3,(H,14,15). The van der Waals surface area contributed by atoms with Gasteiger partial charge in [0.15, 0.2) is 0 Å². The zero-order valence-corrected chi connectivity index (χ0v) is 10.2. The van der Waals surface area contributed by atoms with E-state index < -0.39 is 5.60 Å². The van der Waals surface area contributed by atoms with Crippen molar-refractivity contribution in [2.75, 3.05) is 6.54 Å². The monoisotopic (exact) mass is 241 g/mol. The van der Waals surface area contributed by atoms with Gasteiger partial charge in [-0.1, -0.05) is 23.7 Å². The van der Waals surface area contributed by atoms with Crippen molar-refractivity contribution < 1.29 is 9.90 Å². The summed E-state index contributed by atoms with van der Waals surface area (Å²) in [5.41, 5.74) is 0.0213. The molecule has 16 heavy (non-hydrogen) atoms. The Bertz CT molecular complexity index is 354. The minimum atomic E-state index is -0.879. The van der Waals surface area contributed by atoms with E-state index in [2.05, 4.69) is 5.32 Å². The SMILES string of the molecule is CC(C)(O)CNC(=O)Cc1ccc(Cl)cc1. The fourth-order valence-electron chi connectivity index (χ4n) is 1.17. The maximum Gasteiger partial charge on any atom is 0.224 e. The normalized spacial score (nSPS) is 11.2. The first kappa shape index (κ1) is 13.0. The predicted molar refractivity (Wildman–Crippen MR) is 64.5 cm³/mol. The van der Waals surface area contributed by atoms with E-state index >= 15 is 0 Å². The average molecular weight is 242 g/mol. The van der Waals surface area contributed by atoms with E-state index in [9.17, 15) is 9.90 Å². The van der Waals surface area contributed by atoms with E-state index in [1.54, 1.807) is 26.0 Å². The van der Waals surface area contributed by atoms with E-state index in [4.69, 9.17) is 11.6 Å². The van der Waals surface area contributed by atoms with Crippen molar-refractivity contribution in [3.63, 3.8) is 0 Å². The summed E-state index contributed by atoms with van der Waals surface area (Å²) in [5.74, 6) is -0.107. The lowest BCUT2D eigenvalue weighted by atomic mass is 10.1. The molecule has 1 amide bonds. The molecular formula is C12H16ClNO2. The van der Waals surface area contributed by atoms with Gasteiger partial charge in [0.1, 0.15) is 0 Å². The number of amides is 1. The molecule has 0 heterocycles.